The monoisotopic (exact) mass is 260 g/mol. The largest absolute Gasteiger partial charge is 0.367 e. The third kappa shape index (κ3) is 3.73. The first-order valence-electron chi connectivity index (χ1n) is 7.48. The van der Waals surface area contributed by atoms with Crippen LogP contribution in [0.3, 0.4) is 0 Å². The Morgan fingerprint density at radius 3 is 2.74 bits per heavy atom. The van der Waals surface area contributed by atoms with Crippen molar-refractivity contribution in [1.29, 1.82) is 0 Å². The molecule has 1 atom stereocenters. The number of fused-ring (bicyclic) bond motifs is 1. The zero-order valence-corrected chi connectivity index (χ0v) is 13.1. The topological polar surface area (TPSA) is 15.3 Å². The summed E-state index contributed by atoms with van der Waals surface area (Å²) in [7, 11) is 0. The fourth-order valence-corrected chi connectivity index (χ4v) is 2.78. The zero-order chi connectivity index (χ0) is 14.0. The molecule has 0 saturated heterocycles. The first-order valence-corrected chi connectivity index (χ1v) is 7.48. The van der Waals surface area contributed by atoms with E-state index in [-0.39, 0.29) is 5.54 Å². The molecule has 106 valence electrons. The van der Waals surface area contributed by atoms with Crippen LogP contribution in [0.25, 0.3) is 0 Å². The summed E-state index contributed by atoms with van der Waals surface area (Å²) >= 11 is 0. The van der Waals surface area contributed by atoms with Gasteiger partial charge in [-0.25, -0.2) is 0 Å². The molecular formula is C17H28N2. The van der Waals surface area contributed by atoms with E-state index in [0.29, 0.717) is 6.04 Å². The summed E-state index contributed by atoms with van der Waals surface area (Å²) in [6.45, 7) is 13.4. The number of nitrogens with zero attached hydrogens (tertiary/aromatic N) is 1. The summed E-state index contributed by atoms with van der Waals surface area (Å²) in [4.78, 5) is 2.57. The van der Waals surface area contributed by atoms with Gasteiger partial charge in [-0.15, -0.1) is 0 Å². The molecule has 0 spiro atoms. The minimum Gasteiger partial charge on any atom is -0.367 e. The summed E-state index contributed by atoms with van der Waals surface area (Å²) < 4.78 is 0. The van der Waals surface area contributed by atoms with Crippen LogP contribution in [0.15, 0.2) is 18.2 Å². The van der Waals surface area contributed by atoms with Crippen LogP contribution < -0.4 is 10.2 Å². The highest BCUT2D eigenvalue weighted by molar-refractivity contribution is 5.57. The lowest BCUT2D eigenvalue weighted by atomic mass is 9.98. The van der Waals surface area contributed by atoms with Crippen LogP contribution >= 0.6 is 0 Å². The van der Waals surface area contributed by atoms with Crippen molar-refractivity contribution < 1.29 is 0 Å². The zero-order valence-electron chi connectivity index (χ0n) is 13.1. The first-order chi connectivity index (χ1) is 8.87. The molecule has 0 aromatic heterocycles. The average Bonchev–Trinajstić information content (AvgIpc) is 2.34. The molecule has 19 heavy (non-hydrogen) atoms. The molecule has 0 aliphatic carbocycles. The van der Waals surface area contributed by atoms with Crippen LogP contribution in [0, 0.1) is 6.92 Å². The molecule has 2 nitrogen and oxygen atoms in total. The molecule has 2 rings (SSSR count). The number of aryl methyl sites for hydroxylation is 2. The SMILES string of the molecule is Cc1ccc2c(c1)CCCN2C(C)CNC(C)(C)C. The Hall–Kier alpha value is -1.02. The molecule has 0 bridgehead atoms. The van der Waals surface area contributed by atoms with Gasteiger partial charge >= 0.3 is 0 Å². The number of nitrogens with one attached hydrogen (secondary N) is 1. The van der Waals surface area contributed by atoms with Gasteiger partial charge in [-0.05, 0) is 59.1 Å². The van der Waals surface area contributed by atoms with Gasteiger partial charge in [0.25, 0.3) is 0 Å². The van der Waals surface area contributed by atoms with Gasteiger partial charge in [0.15, 0.2) is 0 Å². The van der Waals surface area contributed by atoms with E-state index in [1.54, 1.807) is 0 Å². The molecule has 1 aromatic carbocycles. The molecule has 1 unspecified atom stereocenters. The van der Waals surface area contributed by atoms with Crippen LogP contribution in [0.1, 0.15) is 45.2 Å². The Bertz CT molecular complexity index is 431. The van der Waals surface area contributed by atoms with Gasteiger partial charge < -0.3 is 10.2 Å². The molecule has 1 heterocycles. The second-order valence-corrected chi connectivity index (χ2v) is 6.91. The van der Waals surface area contributed by atoms with E-state index in [9.17, 15) is 0 Å². The Kier molecular flexibility index (Phi) is 4.19. The quantitative estimate of drug-likeness (QED) is 0.894. The van der Waals surface area contributed by atoms with Crippen molar-refractivity contribution in [3.8, 4) is 0 Å². The highest BCUT2D eigenvalue weighted by Gasteiger charge is 2.22. The van der Waals surface area contributed by atoms with E-state index in [1.165, 1.54) is 36.2 Å². The Morgan fingerprint density at radius 2 is 2.05 bits per heavy atom. The van der Waals surface area contributed by atoms with Crippen LogP contribution in [0.4, 0.5) is 5.69 Å². The molecule has 0 saturated carbocycles. The fraction of sp³-hybridized carbons (Fsp3) is 0.647. The normalized spacial score (nSPS) is 17.2. The van der Waals surface area contributed by atoms with E-state index in [0.717, 1.165) is 6.54 Å². The number of hydrogen-bond acceptors (Lipinski definition) is 2. The number of anilines is 1. The van der Waals surface area contributed by atoms with E-state index < -0.39 is 0 Å². The minimum absolute atomic E-state index is 0.195. The van der Waals surface area contributed by atoms with Crippen molar-refractivity contribution in [3.63, 3.8) is 0 Å². The van der Waals surface area contributed by atoms with Crippen LogP contribution in [0.5, 0.6) is 0 Å². The summed E-state index contributed by atoms with van der Waals surface area (Å²) in [5, 5.41) is 3.62. The van der Waals surface area contributed by atoms with Crippen LogP contribution in [-0.2, 0) is 6.42 Å². The molecule has 0 fully saturated rings. The first kappa shape index (κ1) is 14.4. The van der Waals surface area contributed by atoms with E-state index in [4.69, 9.17) is 0 Å². The molecular weight excluding hydrogens is 232 g/mol. The van der Waals surface area contributed by atoms with Gasteiger partial charge in [-0.3, -0.25) is 0 Å². The van der Waals surface area contributed by atoms with Crippen LogP contribution in [0.2, 0.25) is 0 Å². The third-order valence-corrected chi connectivity index (χ3v) is 3.85. The molecule has 1 aliphatic rings. The Labute approximate surface area is 118 Å². The van der Waals surface area contributed by atoms with E-state index in [2.05, 4.69) is 63.0 Å². The van der Waals surface area contributed by atoms with Crippen molar-refractivity contribution in [3.05, 3.63) is 29.3 Å². The Morgan fingerprint density at radius 1 is 1.32 bits per heavy atom. The smallest absolute Gasteiger partial charge is 0.0401 e. The Balaban J connectivity index is 2.10. The molecule has 2 heteroatoms. The number of rotatable bonds is 3. The second-order valence-electron chi connectivity index (χ2n) is 6.91. The van der Waals surface area contributed by atoms with Crippen molar-refractivity contribution in [2.45, 2.75) is 59.0 Å². The molecule has 1 aromatic rings. The lowest BCUT2D eigenvalue weighted by Gasteiger charge is -2.38. The van der Waals surface area contributed by atoms with Gasteiger partial charge in [-0.2, -0.15) is 0 Å². The van der Waals surface area contributed by atoms with Gasteiger partial charge in [0, 0.05) is 30.4 Å². The van der Waals surface area contributed by atoms with Gasteiger partial charge in [-0.1, -0.05) is 17.7 Å². The summed E-state index contributed by atoms with van der Waals surface area (Å²) in [5.74, 6) is 0. The number of hydrogen-bond donors (Lipinski definition) is 1. The maximum Gasteiger partial charge on any atom is 0.0401 e. The lowest BCUT2D eigenvalue weighted by Crippen LogP contribution is -2.47. The molecule has 1 aliphatic heterocycles. The predicted octanol–water partition coefficient (Wildman–Crippen LogP) is 3.52. The average molecular weight is 260 g/mol. The molecule has 0 amide bonds. The van der Waals surface area contributed by atoms with Crippen molar-refractivity contribution >= 4 is 5.69 Å². The fourth-order valence-electron chi connectivity index (χ4n) is 2.78. The molecule has 1 N–H and O–H groups in total. The van der Waals surface area contributed by atoms with Gasteiger partial charge in [0.2, 0.25) is 0 Å². The third-order valence-electron chi connectivity index (χ3n) is 3.85. The lowest BCUT2D eigenvalue weighted by molar-refractivity contribution is 0.402. The van der Waals surface area contributed by atoms with E-state index in [1.807, 2.05) is 0 Å². The predicted molar refractivity (Wildman–Crippen MR) is 84.1 cm³/mol. The van der Waals surface area contributed by atoms with Gasteiger partial charge in [0.1, 0.15) is 0 Å². The standard InChI is InChI=1S/C17H28N2/c1-13-8-9-16-15(11-13)7-6-10-19(16)14(2)12-18-17(3,4)5/h8-9,11,14,18H,6-7,10,12H2,1-5H3. The van der Waals surface area contributed by atoms with E-state index >= 15 is 0 Å². The number of benzene rings is 1. The molecule has 0 radical (unpaired) electrons. The maximum atomic E-state index is 3.62. The maximum absolute atomic E-state index is 3.62. The minimum atomic E-state index is 0.195. The van der Waals surface area contributed by atoms with Crippen molar-refractivity contribution in [1.82, 2.24) is 5.32 Å². The highest BCUT2D eigenvalue weighted by atomic mass is 15.2. The highest BCUT2D eigenvalue weighted by Crippen LogP contribution is 2.29. The van der Waals surface area contributed by atoms with Crippen molar-refractivity contribution in [2.24, 2.45) is 0 Å². The second kappa shape index (κ2) is 5.54. The summed E-state index contributed by atoms with van der Waals surface area (Å²) in [6.07, 6.45) is 2.50. The summed E-state index contributed by atoms with van der Waals surface area (Å²) in [5.41, 5.74) is 4.54. The van der Waals surface area contributed by atoms with Crippen LogP contribution in [-0.4, -0.2) is 24.7 Å². The summed E-state index contributed by atoms with van der Waals surface area (Å²) in [6, 6.07) is 7.44. The van der Waals surface area contributed by atoms with Crippen molar-refractivity contribution in [2.75, 3.05) is 18.0 Å². The van der Waals surface area contributed by atoms with Gasteiger partial charge in [0.05, 0.1) is 0 Å².